The van der Waals surface area contributed by atoms with Gasteiger partial charge in [-0.05, 0) is 75.3 Å². The molecule has 2 aromatic carbocycles. The SMILES string of the molecule is NC(=O)NCCCC(N)C(=O)N1CCCC1C(=O)N1CCCC1C(=O)NCC(=O)NC(Cc1ccccc1)C(=O)NC(CO)C(=O)N1CCCC1C(=O)NC(Cc1ccccc1)C(=O)NC(CCCNC(N)=O)C(=O)O. The van der Waals surface area contributed by atoms with Crippen molar-refractivity contribution in [3.8, 4) is 0 Å². The number of aliphatic carboxylic acids is 1. The molecule has 8 atom stereocenters. The quantitative estimate of drug-likeness (QED) is 0.0393. The summed E-state index contributed by atoms with van der Waals surface area (Å²) in [7, 11) is 0. The van der Waals surface area contributed by atoms with E-state index in [1.807, 2.05) is 0 Å². The fourth-order valence-corrected chi connectivity index (χ4v) is 9.58. The number of hydrogen-bond donors (Lipinski definition) is 12. The molecule has 3 aliphatic heterocycles. The molecule has 2 aromatic rings. The van der Waals surface area contributed by atoms with Gasteiger partial charge in [-0.15, -0.1) is 0 Å². The lowest BCUT2D eigenvalue weighted by molar-refractivity contribution is -0.147. The highest BCUT2D eigenvalue weighted by Gasteiger charge is 2.44. The van der Waals surface area contributed by atoms with Gasteiger partial charge < -0.3 is 79.3 Å². The number of carboxylic acid groups (broad SMARTS) is 1. The molecule has 26 heteroatoms. The molecular weight excluding hydrogens is 991 g/mol. The average Bonchev–Trinajstić information content (AvgIpc) is 4.22. The standard InChI is InChI=1S/C50H71N13O13/c51-32(16-7-21-54-49(52)75)45(70)63-25-11-20-39(63)47(72)62-24-9-18-37(62)43(68)56-28-40(65)57-34(26-30-12-3-1-4-13-30)41(66)60-36(29-64)46(71)61-23-10-19-38(61)44(69)59-35(27-31-14-5-2-6-15-31)42(67)58-33(48(73)74)17-8-22-55-50(53)76/h1-6,12-15,32-39,64H,7-11,16-29,51H2,(H,56,68)(H,57,65)(H,58,67)(H,59,69)(H,60,66)(H,73,74)(H3,52,54,75)(H3,53,55,76). The maximum absolute atomic E-state index is 14.1. The van der Waals surface area contributed by atoms with Crippen molar-refractivity contribution in [1.29, 1.82) is 0 Å². The largest absolute Gasteiger partial charge is 0.480 e. The summed E-state index contributed by atoms with van der Waals surface area (Å²) in [5, 5.41) is 37.9. The van der Waals surface area contributed by atoms with Gasteiger partial charge in [0, 0.05) is 45.6 Å². The first kappa shape index (κ1) is 59.0. The number of likely N-dealkylation sites (tertiary alicyclic amines) is 3. The zero-order valence-corrected chi connectivity index (χ0v) is 42.3. The Balaban J connectivity index is 1.20. The van der Waals surface area contributed by atoms with Gasteiger partial charge >= 0.3 is 18.0 Å². The van der Waals surface area contributed by atoms with Crippen molar-refractivity contribution in [3.63, 3.8) is 0 Å². The number of primary amides is 2. The van der Waals surface area contributed by atoms with Gasteiger partial charge in [-0.25, -0.2) is 14.4 Å². The van der Waals surface area contributed by atoms with Crippen LogP contribution >= 0.6 is 0 Å². The van der Waals surface area contributed by atoms with Gasteiger partial charge in [0.15, 0.2) is 0 Å². The molecular formula is C50H71N13O13. The highest BCUT2D eigenvalue weighted by atomic mass is 16.4. The maximum atomic E-state index is 14.1. The number of nitrogens with two attached hydrogens (primary N) is 3. The number of urea groups is 2. The van der Waals surface area contributed by atoms with Crippen LogP contribution in [0.4, 0.5) is 9.59 Å². The fraction of sp³-hybridized carbons (Fsp3) is 0.540. The van der Waals surface area contributed by atoms with Gasteiger partial charge in [0.05, 0.1) is 19.2 Å². The van der Waals surface area contributed by atoms with Crippen molar-refractivity contribution >= 4 is 65.3 Å². The van der Waals surface area contributed by atoms with Crippen molar-refractivity contribution in [2.24, 2.45) is 17.2 Å². The predicted octanol–water partition coefficient (Wildman–Crippen LogP) is -3.20. The summed E-state index contributed by atoms with van der Waals surface area (Å²) >= 11 is 0. The fourth-order valence-electron chi connectivity index (χ4n) is 9.58. The number of aliphatic hydroxyl groups is 1. The van der Waals surface area contributed by atoms with Crippen LogP contribution in [0.2, 0.25) is 0 Å². The molecule has 0 spiro atoms. The van der Waals surface area contributed by atoms with Gasteiger partial charge in [0.1, 0.15) is 42.3 Å². The van der Waals surface area contributed by atoms with Crippen LogP contribution in [0.5, 0.6) is 0 Å². The summed E-state index contributed by atoms with van der Waals surface area (Å²) in [4.78, 5) is 148. The monoisotopic (exact) mass is 1060 g/mol. The van der Waals surface area contributed by atoms with E-state index >= 15 is 0 Å². The van der Waals surface area contributed by atoms with Gasteiger partial charge in [-0.1, -0.05) is 60.7 Å². The Hall–Kier alpha value is -7.87. The van der Waals surface area contributed by atoms with Gasteiger partial charge in [0.2, 0.25) is 47.3 Å². The minimum Gasteiger partial charge on any atom is -0.480 e. The molecule has 414 valence electrons. The molecule has 12 amide bonds. The summed E-state index contributed by atoms with van der Waals surface area (Å²) in [5.74, 6) is -6.89. The van der Waals surface area contributed by atoms with Crippen LogP contribution in [-0.2, 0) is 56.0 Å². The lowest BCUT2D eigenvalue weighted by atomic mass is 10.0. The minimum atomic E-state index is -1.60. The Labute approximate surface area is 439 Å². The van der Waals surface area contributed by atoms with E-state index in [0.717, 1.165) is 0 Å². The molecule has 5 rings (SSSR count). The van der Waals surface area contributed by atoms with E-state index in [0.29, 0.717) is 49.8 Å². The average molecular weight is 1060 g/mol. The van der Waals surface area contributed by atoms with E-state index in [1.54, 1.807) is 60.7 Å². The molecule has 0 bridgehead atoms. The summed E-state index contributed by atoms with van der Waals surface area (Å²) in [6.07, 6.45) is 2.75. The Morgan fingerprint density at radius 2 is 1.03 bits per heavy atom. The van der Waals surface area contributed by atoms with Crippen molar-refractivity contribution in [1.82, 2.24) is 51.9 Å². The number of nitrogens with one attached hydrogen (secondary N) is 7. The third-order valence-corrected chi connectivity index (χ3v) is 13.5. The second-order valence-electron chi connectivity index (χ2n) is 19.0. The van der Waals surface area contributed by atoms with Crippen LogP contribution in [0.3, 0.4) is 0 Å². The molecule has 0 aromatic heterocycles. The highest BCUT2D eigenvalue weighted by molar-refractivity contribution is 5.98. The third-order valence-electron chi connectivity index (χ3n) is 13.5. The third kappa shape index (κ3) is 17.4. The van der Waals surface area contributed by atoms with Crippen LogP contribution in [0.1, 0.15) is 75.3 Å². The highest BCUT2D eigenvalue weighted by Crippen LogP contribution is 2.26. The van der Waals surface area contributed by atoms with Crippen LogP contribution in [-0.4, -0.2) is 184 Å². The summed E-state index contributed by atoms with van der Waals surface area (Å²) in [6.45, 7) is -0.654. The summed E-state index contributed by atoms with van der Waals surface area (Å²) in [5.41, 5.74) is 17.6. The number of hydrogen-bond acceptors (Lipinski definition) is 13. The Morgan fingerprint density at radius 3 is 1.55 bits per heavy atom. The number of carboxylic acids is 1. The van der Waals surface area contributed by atoms with Crippen molar-refractivity contribution in [2.75, 3.05) is 45.9 Å². The smallest absolute Gasteiger partial charge is 0.326 e. The van der Waals surface area contributed by atoms with E-state index in [2.05, 4.69) is 37.2 Å². The van der Waals surface area contributed by atoms with Crippen LogP contribution < -0.4 is 54.4 Å². The lowest BCUT2D eigenvalue weighted by Crippen LogP contribution is -2.60. The van der Waals surface area contributed by atoms with Gasteiger partial charge in [0.25, 0.3) is 0 Å². The lowest BCUT2D eigenvalue weighted by Gasteiger charge is -2.32. The van der Waals surface area contributed by atoms with E-state index in [9.17, 15) is 63.0 Å². The first-order chi connectivity index (χ1) is 36.4. The Bertz CT molecular complexity index is 2380. The second kappa shape index (κ2) is 29.3. The van der Waals surface area contributed by atoms with E-state index in [4.69, 9.17) is 17.2 Å². The van der Waals surface area contributed by atoms with E-state index < -0.39 is 127 Å². The molecule has 8 unspecified atom stereocenters. The minimum absolute atomic E-state index is 0.0390. The molecule has 15 N–H and O–H groups in total. The number of nitrogens with zero attached hydrogens (tertiary/aromatic N) is 3. The molecule has 0 radical (unpaired) electrons. The summed E-state index contributed by atoms with van der Waals surface area (Å²) < 4.78 is 0. The van der Waals surface area contributed by atoms with Crippen LogP contribution in [0.25, 0.3) is 0 Å². The topological polar surface area (TPSA) is 400 Å². The van der Waals surface area contributed by atoms with E-state index in [-0.39, 0.29) is 71.1 Å². The Morgan fingerprint density at radius 1 is 0.553 bits per heavy atom. The van der Waals surface area contributed by atoms with Crippen molar-refractivity contribution in [3.05, 3.63) is 71.8 Å². The van der Waals surface area contributed by atoms with Crippen LogP contribution in [0, 0.1) is 0 Å². The zero-order chi connectivity index (χ0) is 55.3. The predicted molar refractivity (Wildman–Crippen MR) is 272 cm³/mol. The Kier molecular flexibility index (Phi) is 22.7. The molecule has 3 heterocycles. The molecule has 76 heavy (non-hydrogen) atoms. The first-order valence-corrected chi connectivity index (χ1v) is 25.5. The molecule has 3 fully saturated rings. The molecule has 3 aliphatic rings. The number of benzene rings is 2. The molecule has 26 nitrogen and oxygen atoms in total. The van der Waals surface area contributed by atoms with E-state index in [1.165, 1.54) is 14.7 Å². The van der Waals surface area contributed by atoms with Gasteiger partial charge in [-0.3, -0.25) is 38.4 Å². The van der Waals surface area contributed by atoms with Crippen LogP contribution in [0.15, 0.2) is 60.7 Å². The molecule has 3 saturated heterocycles. The number of rotatable bonds is 27. The van der Waals surface area contributed by atoms with Crippen molar-refractivity contribution in [2.45, 2.75) is 125 Å². The maximum Gasteiger partial charge on any atom is 0.326 e. The second-order valence-corrected chi connectivity index (χ2v) is 19.0. The summed E-state index contributed by atoms with van der Waals surface area (Å²) in [6, 6.07) is 6.18. The molecule has 0 aliphatic carbocycles. The molecule has 0 saturated carbocycles. The zero-order valence-electron chi connectivity index (χ0n) is 42.3. The number of carbonyl (C=O) groups excluding carboxylic acids is 10. The van der Waals surface area contributed by atoms with Crippen molar-refractivity contribution < 1.29 is 63.0 Å². The number of amides is 12. The number of carbonyl (C=O) groups is 11. The number of aliphatic hydroxyl groups excluding tert-OH is 1. The normalized spacial score (nSPS) is 19.0. The first-order valence-electron chi connectivity index (χ1n) is 25.5. The van der Waals surface area contributed by atoms with Gasteiger partial charge in [-0.2, -0.15) is 0 Å².